The van der Waals surface area contributed by atoms with Gasteiger partial charge in [0, 0.05) is 6.20 Å². The van der Waals surface area contributed by atoms with E-state index in [-0.39, 0.29) is 6.04 Å². The monoisotopic (exact) mass is 230 g/mol. The zero-order valence-corrected chi connectivity index (χ0v) is 9.45. The second-order valence-electron chi connectivity index (χ2n) is 3.17. The first-order valence-corrected chi connectivity index (χ1v) is 5.61. The predicted molar refractivity (Wildman–Crippen MR) is 57.8 cm³/mol. The van der Waals surface area contributed by atoms with Crippen molar-refractivity contribution in [3.05, 3.63) is 24.0 Å². The van der Waals surface area contributed by atoms with E-state index < -0.39 is 11.3 Å². The van der Waals surface area contributed by atoms with Gasteiger partial charge in [0.15, 0.2) is 0 Å². The number of pyridine rings is 1. The summed E-state index contributed by atoms with van der Waals surface area (Å²) < 4.78 is 26.8. The van der Waals surface area contributed by atoms with Crippen LogP contribution >= 0.6 is 0 Å². The highest BCUT2D eigenvalue weighted by atomic mass is 32.2. The van der Waals surface area contributed by atoms with Crippen LogP contribution in [0.25, 0.3) is 0 Å². The molecule has 2 N–H and O–H groups in total. The molecule has 0 aliphatic heterocycles. The SMILES string of the molecule is Cc1ncccc1OCC(C)NS(=O)O. The molecule has 0 radical (unpaired) electrons. The lowest BCUT2D eigenvalue weighted by atomic mass is 10.3. The van der Waals surface area contributed by atoms with Gasteiger partial charge in [-0.05, 0) is 26.0 Å². The number of hydrogen-bond acceptors (Lipinski definition) is 3. The zero-order valence-electron chi connectivity index (χ0n) is 8.64. The molecular weight excluding hydrogens is 216 g/mol. The van der Waals surface area contributed by atoms with Gasteiger partial charge in [-0.1, -0.05) is 0 Å². The number of rotatable bonds is 5. The lowest BCUT2D eigenvalue weighted by Gasteiger charge is -2.13. The van der Waals surface area contributed by atoms with Crippen LogP contribution in [0.15, 0.2) is 18.3 Å². The number of ether oxygens (including phenoxy) is 1. The highest BCUT2D eigenvalue weighted by Gasteiger charge is 2.06. The smallest absolute Gasteiger partial charge is 0.232 e. The van der Waals surface area contributed by atoms with Gasteiger partial charge >= 0.3 is 0 Å². The summed E-state index contributed by atoms with van der Waals surface area (Å²) in [5.41, 5.74) is 0.801. The second-order valence-corrected chi connectivity index (χ2v) is 3.90. The molecule has 0 aliphatic carbocycles. The first kappa shape index (κ1) is 12.1. The fraction of sp³-hybridized carbons (Fsp3) is 0.444. The maximum atomic E-state index is 10.4. The standard InChI is InChI=1S/C9H14N2O3S/c1-7(11-15(12)13)6-14-9-4-3-5-10-8(9)2/h3-5,7,11H,6H2,1-2H3,(H,12,13). The Morgan fingerprint density at radius 1 is 1.73 bits per heavy atom. The van der Waals surface area contributed by atoms with Crippen molar-refractivity contribution in [1.82, 2.24) is 9.71 Å². The van der Waals surface area contributed by atoms with Gasteiger partial charge < -0.3 is 4.74 Å². The number of aromatic nitrogens is 1. The van der Waals surface area contributed by atoms with Gasteiger partial charge in [0.05, 0.1) is 11.7 Å². The van der Waals surface area contributed by atoms with Crippen LogP contribution in [0.3, 0.4) is 0 Å². The summed E-state index contributed by atoms with van der Waals surface area (Å²) in [4.78, 5) is 4.06. The Balaban J connectivity index is 2.43. The molecule has 84 valence electrons. The maximum absolute atomic E-state index is 10.4. The summed E-state index contributed by atoms with van der Waals surface area (Å²) in [6.45, 7) is 3.93. The van der Waals surface area contributed by atoms with E-state index in [1.807, 2.05) is 13.0 Å². The summed E-state index contributed by atoms with van der Waals surface area (Å²) in [6, 6.07) is 3.39. The number of hydrogen-bond donors (Lipinski definition) is 2. The normalized spacial score (nSPS) is 14.6. The van der Waals surface area contributed by atoms with E-state index in [1.54, 1.807) is 19.2 Å². The average Bonchev–Trinajstić information content (AvgIpc) is 2.15. The van der Waals surface area contributed by atoms with E-state index in [4.69, 9.17) is 9.29 Å². The fourth-order valence-electron chi connectivity index (χ4n) is 1.04. The van der Waals surface area contributed by atoms with Crippen molar-refractivity contribution in [2.75, 3.05) is 6.61 Å². The summed E-state index contributed by atoms with van der Waals surface area (Å²) >= 11 is -2.00. The maximum Gasteiger partial charge on any atom is 0.232 e. The van der Waals surface area contributed by atoms with E-state index in [0.29, 0.717) is 12.4 Å². The minimum absolute atomic E-state index is 0.199. The average molecular weight is 230 g/mol. The molecule has 1 aromatic heterocycles. The summed E-state index contributed by atoms with van der Waals surface area (Å²) in [5.74, 6) is 0.690. The Labute approximate surface area is 91.3 Å². The number of nitrogens with zero attached hydrogens (tertiary/aromatic N) is 1. The predicted octanol–water partition coefficient (Wildman–Crippen LogP) is 0.884. The molecule has 6 heteroatoms. The van der Waals surface area contributed by atoms with Crippen molar-refractivity contribution in [2.45, 2.75) is 19.9 Å². The fourth-order valence-corrected chi connectivity index (χ4v) is 1.46. The van der Waals surface area contributed by atoms with E-state index in [2.05, 4.69) is 9.71 Å². The van der Waals surface area contributed by atoms with Crippen LogP contribution in [0.4, 0.5) is 0 Å². The molecule has 0 aromatic carbocycles. The third kappa shape index (κ3) is 4.37. The highest BCUT2D eigenvalue weighted by Crippen LogP contribution is 2.13. The van der Waals surface area contributed by atoms with Gasteiger partial charge in [0.2, 0.25) is 11.3 Å². The number of nitrogens with one attached hydrogen (secondary N) is 1. The third-order valence-electron chi connectivity index (χ3n) is 1.75. The van der Waals surface area contributed by atoms with Gasteiger partial charge in [-0.2, -0.15) is 0 Å². The minimum atomic E-state index is -2.00. The highest BCUT2D eigenvalue weighted by molar-refractivity contribution is 7.77. The van der Waals surface area contributed by atoms with Crippen molar-refractivity contribution in [3.63, 3.8) is 0 Å². The summed E-state index contributed by atoms with van der Waals surface area (Å²) in [6.07, 6.45) is 1.69. The molecule has 0 bridgehead atoms. The molecule has 15 heavy (non-hydrogen) atoms. The first-order valence-electron chi connectivity index (χ1n) is 4.51. The van der Waals surface area contributed by atoms with Crippen LogP contribution in [0.2, 0.25) is 0 Å². The van der Waals surface area contributed by atoms with E-state index in [0.717, 1.165) is 5.69 Å². The molecule has 0 spiro atoms. The quantitative estimate of drug-likeness (QED) is 0.737. The molecule has 2 unspecified atom stereocenters. The molecule has 0 aliphatic rings. The van der Waals surface area contributed by atoms with Crippen molar-refractivity contribution >= 4 is 11.3 Å². The van der Waals surface area contributed by atoms with Crippen molar-refractivity contribution < 1.29 is 13.5 Å². The Hall–Kier alpha value is -0.980. The molecule has 5 nitrogen and oxygen atoms in total. The van der Waals surface area contributed by atoms with Crippen LogP contribution in [-0.4, -0.2) is 26.4 Å². The van der Waals surface area contributed by atoms with Gasteiger partial charge in [-0.15, -0.1) is 0 Å². The molecule has 0 saturated heterocycles. The minimum Gasteiger partial charge on any atom is -0.490 e. The molecule has 1 heterocycles. The molecule has 0 amide bonds. The van der Waals surface area contributed by atoms with Crippen LogP contribution in [0.1, 0.15) is 12.6 Å². The topological polar surface area (TPSA) is 71.5 Å². The van der Waals surface area contributed by atoms with Crippen molar-refractivity contribution in [2.24, 2.45) is 0 Å². The zero-order chi connectivity index (χ0) is 11.3. The lowest BCUT2D eigenvalue weighted by Crippen LogP contribution is -2.32. The van der Waals surface area contributed by atoms with Crippen molar-refractivity contribution in [3.8, 4) is 5.75 Å². The molecule has 0 saturated carbocycles. The van der Waals surface area contributed by atoms with Crippen LogP contribution in [0.5, 0.6) is 5.75 Å². The molecular formula is C9H14N2O3S. The molecule has 2 atom stereocenters. The van der Waals surface area contributed by atoms with E-state index in [9.17, 15) is 4.21 Å². The molecule has 1 aromatic rings. The number of aryl methyl sites for hydroxylation is 1. The van der Waals surface area contributed by atoms with E-state index >= 15 is 0 Å². The third-order valence-corrected chi connectivity index (χ3v) is 2.35. The van der Waals surface area contributed by atoms with Crippen LogP contribution in [0, 0.1) is 6.92 Å². The second kappa shape index (κ2) is 5.79. The molecule has 0 fully saturated rings. The Morgan fingerprint density at radius 2 is 2.47 bits per heavy atom. The van der Waals surface area contributed by atoms with Crippen molar-refractivity contribution in [1.29, 1.82) is 0 Å². The van der Waals surface area contributed by atoms with Gasteiger partial charge in [-0.3, -0.25) is 9.54 Å². The lowest BCUT2D eigenvalue weighted by molar-refractivity contribution is 0.284. The van der Waals surface area contributed by atoms with E-state index in [1.165, 1.54) is 0 Å². The summed E-state index contributed by atoms with van der Waals surface area (Å²) in [7, 11) is 0. The van der Waals surface area contributed by atoms with Gasteiger partial charge in [0.1, 0.15) is 12.4 Å². The summed E-state index contributed by atoms with van der Waals surface area (Å²) in [5, 5.41) is 0. The Kier molecular flexibility index (Phi) is 4.67. The van der Waals surface area contributed by atoms with Gasteiger partial charge in [0.25, 0.3) is 0 Å². The Morgan fingerprint density at radius 3 is 3.07 bits per heavy atom. The largest absolute Gasteiger partial charge is 0.490 e. The van der Waals surface area contributed by atoms with Crippen LogP contribution < -0.4 is 9.46 Å². The molecule has 1 rings (SSSR count). The first-order chi connectivity index (χ1) is 7.09. The van der Waals surface area contributed by atoms with Gasteiger partial charge in [-0.25, -0.2) is 8.93 Å². The van der Waals surface area contributed by atoms with Crippen LogP contribution in [-0.2, 0) is 11.3 Å². The Bertz CT molecular complexity index is 346.